The van der Waals surface area contributed by atoms with Crippen molar-refractivity contribution in [3.05, 3.63) is 63.1 Å². The molecule has 2 aromatic carbocycles. The van der Waals surface area contributed by atoms with E-state index in [0.29, 0.717) is 15.7 Å². The summed E-state index contributed by atoms with van der Waals surface area (Å²) in [5.41, 5.74) is 3.45. The van der Waals surface area contributed by atoms with E-state index in [1.165, 1.54) is 6.08 Å². The number of carbonyl (C=O) groups is 1. The number of aryl methyl sites for hydroxylation is 2. The first-order valence-corrected chi connectivity index (χ1v) is 7.76. The molecular weight excluding hydrogens is 333 g/mol. The van der Waals surface area contributed by atoms with E-state index in [9.17, 15) is 4.79 Å². The van der Waals surface area contributed by atoms with Gasteiger partial charge in [0.25, 0.3) is 0 Å². The molecule has 23 heavy (non-hydrogen) atoms. The van der Waals surface area contributed by atoms with Gasteiger partial charge >= 0.3 is 0 Å². The van der Waals surface area contributed by atoms with E-state index in [-0.39, 0.29) is 5.91 Å². The van der Waals surface area contributed by atoms with Crippen LogP contribution in [-0.2, 0) is 4.79 Å². The molecule has 5 heteroatoms. The number of carbonyl (C=O) groups excluding carboxylic acids is 1. The molecule has 2 rings (SSSR count). The van der Waals surface area contributed by atoms with Crippen molar-refractivity contribution in [3.8, 4) is 5.75 Å². The molecule has 0 saturated carbocycles. The molecule has 0 fully saturated rings. The van der Waals surface area contributed by atoms with Crippen LogP contribution < -0.4 is 10.1 Å². The summed E-state index contributed by atoms with van der Waals surface area (Å²) < 4.78 is 5.23. The van der Waals surface area contributed by atoms with Crippen LogP contribution in [0, 0.1) is 13.8 Å². The van der Waals surface area contributed by atoms with Crippen LogP contribution >= 0.6 is 23.2 Å². The summed E-state index contributed by atoms with van der Waals surface area (Å²) in [6.07, 6.45) is 3.23. The average molecular weight is 350 g/mol. The highest BCUT2D eigenvalue weighted by molar-refractivity contribution is 6.39. The molecule has 0 aliphatic carbocycles. The summed E-state index contributed by atoms with van der Waals surface area (Å²) in [6, 6.07) is 8.92. The molecule has 0 spiro atoms. The van der Waals surface area contributed by atoms with Crippen molar-refractivity contribution in [1.82, 2.24) is 0 Å². The van der Waals surface area contributed by atoms with Crippen molar-refractivity contribution in [2.24, 2.45) is 0 Å². The first-order valence-electron chi connectivity index (χ1n) is 7.00. The van der Waals surface area contributed by atoms with Gasteiger partial charge in [-0.2, -0.15) is 0 Å². The van der Waals surface area contributed by atoms with Gasteiger partial charge in [0, 0.05) is 6.08 Å². The molecule has 3 nitrogen and oxygen atoms in total. The number of benzene rings is 2. The van der Waals surface area contributed by atoms with E-state index in [4.69, 9.17) is 27.9 Å². The second-order valence-electron chi connectivity index (χ2n) is 5.09. The maximum atomic E-state index is 12.1. The van der Waals surface area contributed by atoms with E-state index in [2.05, 4.69) is 5.32 Å². The number of rotatable bonds is 4. The lowest BCUT2D eigenvalue weighted by molar-refractivity contribution is -0.111. The molecule has 0 atom stereocenters. The third-order valence-corrected chi connectivity index (χ3v) is 4.05. The molecule has 0 aliphatic rings. The predicted molar refractivity (Wildman–Crippen MR) is 96.6 cm³/mol. The lowest BCUT2D eigenvalue weighted by Crippen LogP contribution is -2.08. The Morgan fingerprint density at radius 2 is 1.70 bits per heavy atom. The number of amides is 1. The van der Waals surface area contributed by atoms with Crippen LogP contribution in [0.3, 0.4) is 0 Å². The predicted octanol–water partition coefficient (Wildman–Crippen LogP) is 5.27. The summed E-state index contributed by atoms with van der Waals surface area (Å²) >= 11 is 12.1. The van der Waals surface area contributed by atoms with Crippen molar-refractivity contribution in [1.29, 1.82) is 0 Å². The third-order valence-electron chi connectivity index (χ3n) is 3.42. The van der Waals surface area contributed by atoms with E-state index in [0.717, 1.165) is 22.4 Å². The molecule has 0 saturated heterocycles. The number of halogens is 2. The van der Waals surface area contributed by atoms with Gasteiger partial charge < -0.3 is 10.1 Å². The number of para-hydroxylation sites is 1. The highest BCUT2D eigenvalue weighted by Crippen LogP contribution is 2.30. The fraction of sp³-hybridized carbons (Fsp3) is 0.167. The fourth-order valence-corrected chi connectivity index (χ4v) is 2.75. The molecule has 2 aromatic rings. The van der Waals surface area contributed by atoms with Gasteiger partial charge in [0.15, 0.2) is 0 Å². The van der Waals surface area contributed by atoms with Crippen LogP contribution in [0.5, 0.6) is 5.75 Å². The molecule has 0 aromatic heterocycles. The quantitative estimate of drug-likeness (QED) is 0.763. The minimum absolute atomic E-state index is 0.297. The number of methoxy groups -OCH3 is 1. The van der Waals surface area contributed by atoms with Crippen LogP contribution in [0.1, 0.15) is 16.7 Å². The number of hydrogen-bond donors (Lipinski definition) is 1. The normalized spacial score (nSPS) is 10.8. The van der Waals surface area contributed by atoms with Crippen LogP contribution in [0.15, 0.2) is 36.4 Å². The summed E-state index contributed by atoms with van der Waals surface area (Å²) in [4.78, 5) is 12.1. The first-order chi connectivity index (χ1) is 10.9. The fourth-order valence-electron chi connectivity index (χ4n) is 2.26. The average Bonchev–Trinajstić information content (AvgIpc) is 2.50. The molecule has 0 unspecified atom stereocenters. The van der Waals surface area contributed by atoms with Crippen LogP contribution in [0.4, 0.5) is 5.69 Å². The van der Waals surface area contributed by atoms with Crippen LogP contribution in [0.25, 0.3) is 6.08 Å². The van der Waals surface area contributed by atoms with Crippen LogP contribution in [0.2, 0.25) is 10.0 Å². The number of ether oxygens (including phenoxy) is 1. The zero-order valence-corrected chi connectivity index (χ0v) is 14.6. The van der Waals surface area contributed by atoms with Crippen molar-refractivity contribution in [2.75, 3.05) is 12.4 Å². The summed E-state index contributed by atoms with van der Waals surface area (Å²) in [6.45, 7) is 3.94. The van der Waals surface area contributed by atoms with Crippen molar-refractivity contribution < 1.29 is 9.53 Å². The van der Waals surface area contributed by atoms with E-state index < -0.39 is 0 Å². The first kappa shape index (κ1) is 17.4. The largest absolute Gasteiger partial charge is 0.497 e. The van der Waals surface area contributed by atoms with E-state index in [1.807, 2.05) is 26.0 Å². The van der Waals surface area contributed by atoms with Gasteiger partial charge in [0.05, 0.1) is 22.8 Å². The third kappa shape index (κ3) is 4.27. The van der Waals surface area contributed by atoms with E-state index >= 15 is 0 Å². The second-order valence-corrected chi connectivity index (χ2v) is 5.91. The standard InChI is InChI=1S/C18H17Cl2NO2/c1-11-9-13(23-3)10-12(2)14(11)7-8-17(22)21-18-15(19)5-4-6-16(18)20/h4-10H,1-3H3,(H,21,22)/b8-7+. The van der Waals surface area contributed by atoms with Gasteiger partial charge in [0.1, 0.15) is 5.75 Å². The lowest BCUT2D eigenvalue weighted by atomic mass is 10.0. The monoisotopic (exact) mass is 349 g/mol. The Morgan fingerprint density at radius 3 is 2.22 bits per heavy atom. The minimum Gasteiger partial charge on any atom is -0.497 e. The SMILES string of the molecule is COc1cc(C)c(/C=C/C(=O)Nc2c(Cl)cccc2Cl)c(C)c1. The van der Waals surface area contributed by atoms with Gasteiger partial charge in [-0.15, -0.1) is 0 Å². The van der Waals surface area contributed by atoms with Crippen LogP contribution in [-0.4, -0.2) is 13.0 Å². The van der Waals surface area contributed by atoms with Gasteiger partial charge in [-0.25, -0.2) is 0 Å². The molecule has 1 amide bonds. The molecule has 0 heterocycles. The molecule has 1 N–H and O–H groups in total. The van der Waals surface area contributed by atoms with Crippen molar-refractivity contribution in [2.45, 2.75) is 13.8 Å². The van der Waals surface area contributed by atoms with Crippen molar-refractivity contribution >= 4 is 40.9 Å². The molecule has 0 bridgehead atoms. The van der Waals surface area contributed by atoms with Gasteiger partial charge in [-0.05, 0) is 60.9 Å². The summed E-state index contributed by atoms with van der Waals surface area (Å²) in [5, 5.41) is 3.49. The Kier molecular flexibility index (Phi) is 5.69. The maximum absolute atomic E-state index is 12.1. The summed E-state index contributed by atoms with van der Waals surface area (Å²) in [5.74, 6) is 0.499. The van der Waals surface area contributed by atoms with Crippen molar-refractivity contribution in [3.63, 3.8) is 0 Å². The molecular formula is C18H17Cl2NO2. The Balaban J connectivity index is 2.19. The van der Waals surface area contributed by atoms with Gasteiger partial charge in [-0.1, -0.05) is 29.3 Å². The van der Waals surface area contributed by atoms with Gasteiger partial charge in [0.2, 0.25) is 5.91 Å². The zero-order valence-electron chi connectivity index (χ0n) is 13.1. The Hall–Kier alpha value is -1.97. The highest BCUT2D eigenvalue weighted by atomic mass is 35.5. The molecule has 0 radical (unpaired) electrons. The van der Waals surface area contributed by atoms with E-state index in [1.54, 1.807) is 31.4 Å². The number of nitrogens with one attached hydrogen (secondary N) is 1. The topological polar surface area (TPSA) is 38.3 Å². The minimum atomic E-state index is -0.297. The Labute approximate surface area is 145 Å². The zero-order chi connectivity index (χ0) is 17.0. The molecule has 120 valence electrons. The Morgan fingerprint density at radius 1 is 1.13 bits per heavy atom. The lowest BCUT2D eigenvalue weighted by Gasteiger charge is -2.09. The second kappa shape index (κ2) is 7.53. The summed E-state index contributed by atoms with van der Waals surface area (Å²) in [7, 11) is 1.63. The smallest absolute Gasteiger partial charge is 0.248 e. The maximum Gasteiger partial charge on any atom is 0.248 e. The Bertz CT molecular complexity index is 726. The number of anilines is 1. The highest BCUT2D eigenvalue weighted by Gasteiger charge is 2.08. The molecule has 0 aliphatic heterocycles. The van der Waals surface area contributed by atoms with Gasteiger partial charge in [-0.3, -0.25) is 4.79 Å². The number of hydrogen-bond acceptors (Lipinski definition) is 2.